The second-order valence-corrected chi connectivity index (χ2v) is 4.59. The van der Waals surface area contributed by atoms with Crippen molar-refractivity contribution in [3.63, 3.8) is 0 Å². The topological polar surface area (TPSA) is 57.6 Å². The molecule has 1 aromatic rings. The zero-order valence-electron chi connectivity index (χ0n) is 12.0. The van der Waals surface area contributed by atoms with E-state index in [4.69, 9.17) is 5.11 Å². The molecule has 4 heteroatoms. The molecular weight excluding hydrogens is 254 g/mol. The predicted octanol–water partition coefficient (Wildman–Crippen LogP) is 3.05. The molecule has 1 amide bonds. The van der Waals surface area contributed by atoms with Gasteiger partial charge in [0.2, 0.25) is 5.91 Å². The molecule has 1 N–H and O–H groups in total. The van der Waals surface area contributed by atoms with E-state index in [1.807, 2.05) is 18.7 Å². The van der Waals surface area contributed by atoms with E-state index in [0.717, 1.165) is 31.5 Å². The van der Waals surface area contributed by atoms with Crippen LogP contribution in [0.4, 0.5) is 0 Å². The lowest BCUT2D eigenvalue weighted by molar-refractivity contribution is -0.126. The van der Waals surface area contributed by atoms with Gasteiger partial charge in [-0.3, -0.25) is 4.79 Å². The largest absolute Gasteiger partial charge is 0.478 e. The van der Waals surface area contributed by atoms with Gasteiger partial charge in [-0.1, -0.05) is 26.0 Å². The molecule has 0 saturated heterocycles. The lowest BCUT2D eigenvalue weighted by atomic mass is 10.1. The Kier molecular flexibility index (Phi) is 6.50. The van der Waals surface area contributed by atoms with Crippen LogP contribution in [0.25, 0.3) is 6.08 Å². The highest BCUT2D eigenvalue weighted by Crippen LogP contribution is 2.07. The van der Waals surface area contributed by atoms with Gasteiger partial charge in [-0.2, -0.15) is 0 Å². The van der Waals surface area contributed by atoms with Gasteiger partial charge in [0.15, 0.2) is 0 Å². The summed E-state index contributed by atoms with van der Waals surface area (Å²) in [5.74, 6) is -0.954. The van der Waals surface area contributed by atoms with Crippen molar-refractivity contribution in [2.75, 3.05) is 13.1 Å². The second kappa shape index (κ2) is 8.15. The summed E-state index contributed by atoms with van der Waals surface area (Å²) in [6.45, 7) is 5.61. The molecule has 0 fully saturated rings. The number of nitrogens with zero attached hydrogens (tertiary/aromatic N) is 1. The first kappa shape index (κ1) is 16.0. The molecule has 0 atom stereocenters. The molecular formula is C16H21NO3. The van der Waals surface area contributed by atoms with E-state index >= 15 is 0 Å². The van der Waals surface area contributed by atoms with E-state index < -0.39 is 5.97 Å². The lowest BCUT2D eigenvalue weighted by Crippen LogP contribution is -2.30. The van der Waals surface area contributed by atoms with E-state index in [2.05, 4.69) is 0 Å². The number of carboxylic acid groups (broad SMARTS) is 1. The van der Waals surface area contributed by atoms with E-state index in [1.165, 1.54) is 12.1 Å². The van der Waals surface area contributed by atoms with Crippen LogP contribution in [0.15, 0.2) is 30.3 Å². The number of aromatic carboxylic acids is 1. The molecule has 0 aliphatic heterocycles. The van der Waals surface area contributed by atoms with E-state index in [9.17, 15) is 9.59 Å². The number of carbonyl (C=O) groups is 2. The minimum Gasteiger partial charge on any atom is -0.478 e. The molecule has 0 spiro atoms. The quantitative estimate of drug-likeness (QED) is 0.778. The Morgan fingerprint density at radius 1 is 1.10 bits per heavy atom. The molecule has 0 saturated carbocycles. The Hall–Kier alpha value is -2.10. The smallest absolute Gasteiger partial charge is 0.335 e. The van der Waals surface area contributed by atoms with E-state index in [-0.39, 0.29) is 11.5 Å². The molecule has 0 aromatic heterocycles. The summed E-state index contributed by atoms with van der Waals surface area (Å²) < 4.78 is 0. The first-order chi connectivity index (χ1) is 9.58. The number of carbonyl (C=O) groups excluding carboxylic acids is 1. The van der Waals surface area contributed by atoms with Gasteiger partial charge in [0, 0.05) is 19.2 Å². The maximum atomic E-state index is 12.0. The summed E-state index contributed by atoms with van der Waals surface area (Å²) in [6.07, 6.45) is 5.13. The summed E-state index contributed by atoms with van der Waals surface area (Å²) >= 11 is 0. The molecule has 0 unspecified atom stereocenters. The number of amides is 1. The molecule has 1 rings (SSSR count). The van der Waals surface area contributed by atoms with Crippen LogP contribution in [0.1, 0.15) is 42.6 Å². The number of hydrogen-bond donors (Lipinski definition) is 1. The molecule has 0 aliphatic carbocycles. The zero-order valence-corrected chi connectivity index (χ0v) is 12.0. The number of carboxylic acids is 1. The number of benzene rings is 1. The van der Waals surface area contributed by atoms with Crippen molar-refractivity contribution < 1.29 is 14.7 Å². The summed E-state index contributed by atoms with van der Waals surface area (Å²) in [5, 5.41) is 8.81. The highest BCUT2D eigenvalue weighted by molar-refractivity contribution is 5.92. The third-order valence-electron chi connectivity index (χ3n) is 2.87. The molecule has 20 heavy (non-hydrogen) atoms. The molecule has 108 valence electrons. The number of hydrogen-bond acceptors (Lipinski definition) is 2. The van der Waals surface area contributed by atoms with Crippen molar-refractivity contribution in [3.05, 3.63) is 41.5 Å². The average molecular weight is 275 g/mol. The van der Waals surface area contributed by atoms with Crippen LogP contribution in [0.2, 0.25) is 0 Å². The van der Waals surface area contributed by atoms with Crippen LogP contribution in [-0.2, 0) is 4.79 Å². The van der Waals surface area contributed by atoms with Crippen molar-refractivity contribution in [3.8, 4) is 0 Å². The fourth-order valence-corrected chi connectivity index (χ4v) is 1.88. The van der Waals surface area contributed by atoms with Crippen LogP contribution in [-0.4, -0.2) is 35.0 Å². The van der Waals surface area contributed by atoms with Gasteiger partial charge in [-0.15, -0.1) is 0 Å². The van der Waals surface area contributed by atoms with Crippen LogP contribution in [0.5, 0.6) is 0 Å². The molecule has 0 radical (unpaired) electrons. The summed E-state index contributed by atoms with van der Waals surface area (Å²) in [7, 11) is 0. The maximum Gasteiger partial charge on any atom is 0.335 e. The van der Waals surface area contributed by atoms with Crippen molar-refractivity contribution in [2.24, 2.45) is 0 Å². The first-order valence-electron chi connectivity index (χ1n) is 6.88. The SMILES string of the molecule is CCCN(CCC)C(=O)C=Cc1ccc(C(=O)O)cc1. The van der Waals surface area contributed by atoms with Gasteiger partial charge in [0.1, 0.15) is 0 Å². The monoisotopic (exact) mass is 275 g/mol. The first-order valence-corrected chi connectivity index (χ1v) is 6.88. The summed E-state index contributed by atoms with van der Waals surface area (Å²) in [6, 6.07) is 6.44. The second-order valence-electron chi connectivity index (χ2n) is 4.59. The van der Waals surface area contributed by atoms with Crippen LogP contribution in [0, 0.1) is 0 Å². The van der Waals surface area contributed by atoms with Crippen LogP contribution in [0.3, 0.4) is 0 Å². The van der Waals surface area contributed by atoms with Gasteiger partial charge in [0.05, 0.1) is 5.56 Å². The van der Waals surface area contributed by atoms with Crippen LogP contribution >= 0.6 is 0 Å². The lowest BCUT2D eigenvalue weighted by Gasteiger charge is -2.19. The third kappa shape index (κ3) is 4.88. The Morgan fingerprint density at radius 3 is 2.10 bits per heavy atom. The minimum atomic E-state index is -0.950. The highest BCUT2D eigenvalue weighted by atomic mass is 16.4. The van der Waals surface area contributed by atoms with Crippen molar-refractivity contribution >= 4 is 18.0 Å². The van der Waals surface area contributed by atoms with Crippen molar-refractivity contribution in [1.82, 2.24) is 4.90 Å². The Morgan fingerprint density at radius 2 is 1.65 bits per heavy atom. The molecule has 0 heterocycles. The molecule has 1 aromatic carbocycles. The average Bonchev–Trinajstić information content (AvgIpc) is 2.45. The van der Waals surface area contributed by atoms with Gasteiger partial charge in [0.25, 0.3) is 0 Å². The van der Waals surface area contributed by atoms with E-state index in [0.29, 0.717) is 0 Å². The maximum absolute atomic E-state index is 12.0. The molecule has 0 aliphatic rings. The predicted molar refractivity (Wildman–Crippen MR) is 79.6 cm³/mol. The fourth-order valence-electron chi connectivity index (χ4n) is 1.88. The van der Waals surface area contributed by atoms with Crippen molar-refractivity contribution in [2.45, 2.75) is 26.7 Å². The van der Waals surface area contributed by atoms with E-state index in [1.54, 1.807) is 24.3 Å². The van der Waals surface area contributed by atoms with Gasteiger partial charge in [-0.25, -0.2) is 4.79 Å². The third-order valence-corrected chi connectivity index (χ3v) is 2.87. The Balaban J connectivity index is 2.70. The minimum absolute atomic E-state index is 0.00369. The van der Waals surface area contributed by atoms with Crippen molar-refractivity contribution in [1.29, 1.82) is 0 Å². The normalized spacial score (nSPS) is 10.7. The van der Waals surface area contributed by atoms with Gasteiger partial charge in [-0.05, 0) is 36.6 Å². The van der Waals surface area contributed by atoms with Gasteiger partial charge >= 0.3 is 5.97 Å². The summed E-state index contributed by atoms with van der Waals surface area (Å²) in [5.41, 5.74) is 1.06. The van der Waals surface area contributed by atoms with Crippen LogP contribution < -0.4 is 0 Å². The fraction of sp³-hybridized carbons (Fsp3) is 0.375. The standard InChI is InChI=1S/C16H21NO3/c1-3-11-17(12-4-2)15(18)10-7-13-5-8-14(9-6-13)16(19)20/h5-10H,3-4,11-12H2,1-2H3,(H,19,20). The Bertz CT molecular complexity index is 471. The highest BCUT2D eigenvalue weighted by Gasteiger charge is 2.07. The molecule has 0 bridgehead atoms. The van der Waals surface area contributed by atoms with Gasteiger partial charge < -0.3 is 10.0 Å². The zero-order chi connectivity index (χ0) is 15.0. The Labute approximate surface area is 119 Å². The number of rotatable bonds is 7. The summed E-state index contributed by atoms with van der Waals surface area (Å²) in [4.78, 5) is 24.6. The molecule has 4 nitrogen and oxygen atoms in total.